The Labute approximate surface area is 123 Å². The van der Waals surface area contributed by atoms with Crippen molar-refractivity contribution in [2.45, 2.75) is 39.2 Å². The monoisotopic (exact) mass is 279 g/mol. The first-order chi connectivity index (χ1) is 9.44. The molecule has 1 aromatic rings. The smallest absolute Gasteiger partial charge is 0.118 e. The number of benzene rings is 1. The zero-order valence-electron chi connectivity index (χ0n) is 13.5. The van der Waals surface area contributed by atoms with Gasteiger partial charge >= 0.3 is 0 Å². The normalized spacial score (nSPS) is 13.2. The van der Waals surface area contributed by atoms with E-state index in [-0.39, 0.29) is 5.60 Å². The third kappa shape index (κ3) is 6.92. The Morgan fingerprint density at radius 3 is 2.30 bits per heavy atom. The topological polar surface area (TPSA) is 30.5 Å². The van der Waals surface area contributed by atoms with Crippen LogP contribution in [0.5, 0.6) is 5.75 Å². The summed E-state index contributed by atoms with van der Waals surface area (Å²) in [6.07, 6.45) is 2.14. The second-order valence-electron chi connectivity index (χ2n) is 6.23. The van der Waals surface area contributed by atoms with Crippen LogP contribution in [0.2, 0.25) is 0 Å². The fraction of sp³-hybridized carbons (Fsp3) is 0.647. The van der Waals surface area contributed by atoms with E-state index in [1.54, 1.807) is 7.11 Å². The van der Waals surface area contributed by atoms with Crippen LogP contribution in [-0.2, 0) is 11.2 Å². The maximum absolute atomic E-state index is 5.83. The Kier molecular flexibility index (Phi) is 7.03. The van der Waals surface area contributed by atoms with E-state index in [4.69, 9.17) is 9.47 Å². The van der Waals surface area contributed by atoms with Crippen molar-refractivity contribution in [2.24, 2.45) is 5.92 Å². The van der Waals surface area contributed by atoms with Gasteiger partial charge in [0.1, 0.15) is 5.75 Å². The molecule has 1 atom stereocenters. The zero-order valence-corrected chi connectivity index (χ0v) is 13.5. The molecule has 1 N–H and O–H groups in total. The van der Waals surface area contributed by atoms with E-state index < -0.39 is 0 Å². The van der Waals surface area contributed by atoms with Crippen molar-refractivity contribution in [3.8, 4) is 5.75 Å². The minimum Gasteiger partial charge on any atom is -0.497 e. The molecule has 114 valence electrons. The number of ether oxygens (including phenoxy) is 2. The fourth-order valence-electron chi connectivity index (χ4n) is 2.19. The van der Waals surface area contributed by atoms with E-state index in [1.165, 1.54) is 5.56 Å². The van der Waals surface area contributed by atoms with Gasteiger partial charge in [-0.2, -0.15) is 0 Å². The molecule has 0 amide bonds. The first-order valence-electron chi connectivity index (χ1n) is 7.36. The quantitative estimate of drug-likeness (QED) is 0.792. The van der Waals surface area contributed by atoms with Crippen molar-refractivity contribution in [1.82, 2.24) is 5.32 Å². The van der Waals surface area contributed by atoms with E-state index in [9.17, 15) is 0 Å². The van der Waals surface area contributed by atoms with Gasteiger partial charge in [-0.1, -0.05) is 12.1 Å². The Hall–Kier alpha value is -1.06. The summed E-state index contributed by atoms with van der Waals surface area (Å²) in [5.74, 6) is 1.51. The average Bonchev–Trinajstić information content (AvgIpc) is 2.38. The third-order valence-corrected chi connectivity index (χ3v) is 3.24. The molecular weight excluding hydrogens is 250 g/mol. The largest absolute Gasteiger partial charge is 0.497 e. The first-order valence-corrected chi connectivity index (χ1v) is 7.36. The Bertz CT molecular complexity index is 368. The number of methoxy groups -OCH3 is 1. The SMILES string of the molecule is CNCC(CCOC(C)(C)C)Cc1ccc(OC)cc1. The minimum atomic E-state index is -0.0513. The van der Waals surface area contributed by atoms with Crippen LogP contribution in [0.15, 0.2) is 24.3 Å². The van der Waals surface area contributed by atoms with Crippen molar-refractivity contribution in [1.29, 1.82) is 0 Å². The number of hydrogen-bond donors (Lipinski definition) is 1. The summed E-state index contributed by atoms with van der Waals surface area (Å²) >= 11 is 0. The van der Waals surface area contributed by atoms with Crippen LogP contribution in [-0.4, -0.2) is 32.9 Å². The lowest BCUT2D eigenvalue weighted by Crippen LogP contribution is -2.25. The lowest BCUT2D eigenvalue weighted by molar-refractivity contribution is -0.00912. The Morgan fingerprint density at radius 2 is 1.80 bits per heavy atom. The highest BCUT2D eigenvalue weighted by Gasteiger charge is 2.13. The molecule has 0 saturated carbocycles. The molecule has 0 aromatic heterocycles. The molecule has 0 bridgehead atoms. The molecule has 1 unspecified atom stereocenters. The van der Waals surface area contributed by atoms with Crippen molar-refractivity contribution in [2.75, 3.05) is 27.3 Å². The molecule has 0 aliphatic rings. The van der Waals surface area contributed by atoms with Crippen LogP contribution in [0.1, 0.15) is 32.8 Å². The van der Waals surface area contributed by atoms with E-state index in [2.05, 4.69) is 38.2 Å². The molecule has 1 rings (SSSR count). The lowest BCUT2D eigenvalue weighted by Gasteiger charge is -2.22. The summed E-state index contributed by atoms with van der Waals surface area (Å²) in [6, 6.07) is 8.34. The van der Waals surface area contributed by atoms with E-state index >= 15 is 0 Å². The highest BCUT2D eigenvalue weighted by Crippen LogP contribution is 2.17. The van der Waals surface area contributed by atoms with Gasteiger partial charge in [0.05, 0.1) is 12.7 Å². The van der Waals surface area contributed by atoms with Crippen LogP contribution >= 0.6 is 0 Å². The van der Waals surface area contributed by atoms with Gasteiger partial charge in [-0.3, -0.25) is 0 Å². The first kappa shape index (κ1) is 17.0. The lowest BCUT2D eigenvalue weighted by atomic mass is 9.96. The van der Waals surface area contributed by atoms with Gasteiger partial charge < -0.3 is 14.8 Å². The van der Waals surface area contributed by atoms with Gasteiger partial charge in [0, 0.05) is 6.61 Å². The van der Waals surface area contributed by atoms with Gasteiger partial charge in [0.2, 0.25) is 0 Å². The molecule has 0 aliphatic heterocycles. The molecule has 0 radical (unpaired) electrons. The number of hydrogen-bond acceptors (Lipinski definition) is 3. The van der Waals surface area contributed by atoms with E-state index in [0.717, 1.165) is 31.7 Å². The summed E-state index contributed by atoms with van der Waals surface area (Å²) < 4.78 is 11.0. The van der Waals surface area contributed by atoms with Gasteiger partial charge in [0.15, 0.2) is 0 Å². The molecule has 3 nitrogen and oxygen atoms in total. The van der Waals surface area contributed by atoms with Crippen LogP contribution < -0.4 is 10.1 Å². The number of rotatable bonds is 8. The van der Waals surface area contributed by atoms with Crippen LogP contribution in [0, 0.1) is 5.92 Å². The number of nitrogens with one attached hydrogen (secondary N) is 1. The van der Waals surface area contributed by atoms with Gasteiger partial charge in [-0.15, -0.1) is 0 Å². The van der Waals surface area contributed by atoms with Crippen LogP contribution in [0.3, 0.4) is 0 Å². The van der Waals surface area contributed by atoms with E-state index in [1.807, 2.05) is 19.2 Å². The summed E-state index contributed by atoms with van der Waals surface area (Å²) in [4.78, 5) is 0. The van der Waals surface area contributed by atoms with Crippen LogP contribution in [0.4, 0.5) is 0 Å². The predicted molar refractivity (Wildman–Crippen MR) is 84.4 cm³/mol. The summed E-state index contributed by atoms with van der Waals surface area (Å²) in [5.41, 5.74) is 1.30. The summed E-state index contributed by atoms with van der Waals surface area (Å²) in [5, 5.41) is 3.28. The standard InChI is InChI=1S/C17H29NO2/c1-17(2,3)20-11-10-15(13-18-4)12-14-6-8-16(19-5)9-7-14/h6-9,15,18H,10-13H2,1-5H3. The molecule has 0 heterocycles. The molecule has 0 spiro atoms. The Morgan fingerprint density at radius 1 is 1.15 bits per heavy atom. The molecular formula is C17H29NO2. The molecule has 20 heavy (non-hydrogen) atoms. The molecule has 0 fully saturated rings. The second-order valence-corrected chi connectivity index (χ2v) is 6.23. The Balaban J connectivity index is 2.48. The molecule has 0 aliphatic carbocycles. The molecule has 3 heteroatoms. The molecule has 1 aromatic carbocycles. The zero-order chi connectivity index (χ0) is 15.0. The van der Waals surface area contributed by atoms with Gasteiger partial charge in [0.25, 0.3) is 0 Å². The highest BCUT2D eigenvalue weighted by molar-refractivity contribution is 5.27. The average molecular weight is 279 g/mol. The van der Waals surface area contributed by atoms with Crippen LogP contribution in [0.25, 0.3) is 0 Å². The highest BCUT2D eigenvalue weighted by atomic mass is 16.5. The van der Waals surface area contributed by atoms with Crippen molar-refractivity contribution < 1.29 is 9.47 Å². The predicted octanol–water partition coefficient (Wildman–Crippen LogP) is 3.28. The fourth-order valence-corrected chi connectivity index (χ4v) is 2.19. The van der Waals surface area contributed by atoms with Crippen molar-refractivity contribution in [3.63, 3.8) is 0 Å². The van der Waals surface area contributed by atoms with E-state index in [0.29, 0.717) is 5.92 Å². The van der Waals surface area contributed by atoms with Crippen molar-refractivity contribution >= 4 is 0 Å². The van der Waals surface area contributed by atoms with Gasteiger partial charge in [-0.05, 0) is 70.8 Å². The summed E-state index contributed by atoms with van der Waals surface area (Å²) in [7, 11) is 3.70. The minimum absolute atomic E-state index is 0.0513. The maximum Gasteiger partial charge on any atom is 0.118 e. The second kappa shape index (κ2) is 8.28. The summed E-state index contributed by atoms with van der Waals surface area (Å²) in [6.45, 7) is 8.13. The third-order valence-electron chi connectivity index (χ3n) is 3.24. The van der Waals surface area contributed by atoms with Crippen molar-refractivity contribution in [3.05, 3.63) is 29.8 Å². The maximum atomic E-state index is 5.83. The molecule has 0 saturated heterocycles. The van der Waals surface area contributed by atoms with Gasteiger partial charge in [-0.25, -0.2) is 0 Å².